The molecule has 0 spiro atoms. The number of rotatable bonds is 5. The molecule has 3 aromatic heterocycles. The average Bonchev–Trinajstić information content (AvgIpc) is 3.39. The van der Waals surface area contributed by atoms with E-state index in [4.69, 9.17) is 4.52 Å². The van der Waals surface area contributed by atoms with Gasteiger partial charge < -0.3 is 9.84 Å². The van der Waals surface area contributed by atoms with Gasteiger partial charge in [-0.3, -0.25) is 14.9 Å². The third kappa shape index (κ3) is 3.36. The molecule has 0 aliphatic rings. The average molecular weight is 345 g/mol. The normalized spacial score (nSPS) is 10.6. The third-order valence-electron chi connectivity index (χ3n) is 3.91. The van der Waals surface area contributed by atoms with Crippen LogP contribution in [0.15, 0.2) is 71.6 Å². The van der Waals surface area contributed by atoms with Crippen molar-refractivity contribution in [3.63, 3.8) is 0 Å². The largest absolute Gasteiger partial charge is 0.355 e. The van der Waals surface area contributed by atoms with Gasteiger partial charge in [-0.15, -0.1) is 0 Å². The molecule has 0 atom stereocenters. The second-order valence-electron chi connectivity index (χ2n) is 5.67. The summed E-state index contributed by atoms with van der Waals surface area (Å²) in [4.78, 5) is 16.3. The second kappa shape index (κ2) is 7.02. The van der Waals surface area contributed by atoms with Crippen LogP contribution in [-0.4, -0.2) is 26.2 Å². The summed E-state index contributed by atoms with van der Waals surface area (Å²) in [5.74, 6) is 0.216. The van der Waals surface area contributed by atoms with E-state index in [1.165, 1.54) is 0 Å². The molecule has 0 saturated carbocycles. The quantitative estimate of drug-likeness (QED) is 0.579. The maximum Gasteiger partial charge on any atom is 0.273 e. The number of nitrogens with zero attached hydrogens (tertiary/aromatic N) is 3. The number of nitrogens with one attached hydrogen (secondary N) is 2. The number of aromatic nitrogens is 4. The Morgan fingerprint density at radius 2 is 1.96 bits per heavy atom. The van der Waals surface area contributed by atoms with Crippen molar-refractivity contribution in [2.24, 2.45) is 0 Å². The van der Waals surface area contributed by atoms with Gasteiger partial charge in [0.15, 0.2) is 11.5 Å². The van der Waals surface area contributed by atoms with Crippen molar-refractivity contribution >= 4 is 5.91 Å². The van der Waals surface area contributed by atoms with E-state index in [-0.39, 0.29) is 11.6 Å². The Morgan fingerprint density at radius 3 is 2.69 bits per heavy atom. The zero-order valence-electron chi connectivity index (χ0n) is 13.7. The van der Waals surface area contributed by atoms with Crippen molar-refractivity contribution in [2.45, 2.75) is 6.54 Å². The number of hydrogen-bond acceptors (Lipinski definition) is 5. The van der Waals surface area contributed by atoms with Gasteiger partial charge in [-0.2, -0.15) is 5.10 Å². The lowest BCUT2D eigenvalue weighted by atomic mass is 10.1. The van der Waals surface area contributed by atoms with Crippen LogP contribution in [0.3, 0.4) is 0 Å². The second-order valence-corrected chi connectivity index (χ2v) is 5.67. The van der Waals surface area contributed by atoms with Crippen molar-refractivity contribution < 1.29 is 9.32 Å². The summed E-state index contributed by atoms with van der Waals surface area (Å²) in [7, 11) is 0. The summed E-state index contributed by atoms with van der Waals surface area (Å²) in [6.07, 6.45) is 5.04. The fraction of sp³-hybridized carbons (Fsp3) is 0.0526. The first-order valence-electron chi connectivity index (χ1n) is 8.03. The van der Waals surface area contributed by atoms with Crippen LogP contribution < -0.4 is 5.32 Å². The summed E-state index contributed by atoms with van der Waals surface area (Å²) in [5.41, 5.74) is 3.98. The van der Waals surface area contributed by atoms with Crippen molar-refractivity contribution in [2.75, 3.05) is 0 Å². The van der Waals surface area contributed by atoms with Crippen LogP contribution in [0.5, 0.6) is 0 Å². The number of H-pyrrole nitrogens is 1. The maximum absolute atomic E-state index is 12.3. The van der Waals surface area contributed by atoms with Crippen molar-refractivity contribution in [1.29, 1.82) is 0 Å². The molecule has 7 nitrogen and oxygen atoms in total. The zero-order valence-corrected chi connectivity index (χ0v) is 13.7. The number of carbonyl (C=O) groups is 1. The number of benzene rings is 1. The van der Waals surface area contributed by atoms with Crippen LogP contribution in [0.2, 0.25) is 0 Å². The first-order chi connectivity index (χ1) is 12.8. The van der Waals surface area contributed by atoms with Crippen LogP contribution >= 0.6 is 0 Å². The highest BCUT2D eigenvalue weighted by atomic mass is 16.5. The molecule has 128 valence electrons. The lowest BCUT2D eigenvalue weighted by molar-refractivity contribution is 0.0942. The maximum atomic E-state index is 12.3. The Labute approximate surface area is 149 Å². The summed E-state index contributed by atoms with van der Waals surface area (Å²) in [5, 5.41) is 13.5. The Hall–Kier alpha value is -3.74. The van der Waals surface area contributed by atoms with Gasteiger partial charge in [-0.1, -0.05) is 29.4 Å². The first kappa shape index (κ1) is 15.8. The molecule has 1 amide bonds. The van der Waals surface area contributed by atoms with Crippen LogP contribution in [-0.2, 0) is 6.54 Å². The minimum absolute atomic E-state index is 0.234. The molecule has 0 saturated heterocycles. The third-order valence-corrected chi connectivity index (χ3v) is 3.91. The Balaban J connectivity index is 1.39. The highest BCUT2D eigenvalue weighted by Crippen LogP contribution is 2.19. The van der Waals surface area contributed by atoms with E-state index in [1.807, 2.05) is 36.4 Å². The fourth-order valence-corrected chi connectivity index (χ4v) is 2.52. The topological polar surface area (TPSA) is 96.7 Å². The fourth-order valence-electron chi connectivity index (χ4n) is 2.52. The van der Waals surface area contributed by atoms with Gasteiger partial charge in [0.05, 0.1) is 5.69 Å². The van der Waals surface area contributed by atoms with E-state index < -0.39 is 0 Å². The van der Waals surface area contributed by atoms with Crippen LogP contribution in [0.4, 0.5) is 0 Å². The van der Waals surface area contributed by atoms with E-state index in [2.05, 4.69) is 25.7 Å². The summed E-state index contributed by atoms with van der Waals surface area (Å²) >= 11 is 0. The molecule has 0 fully saturated rings. The molecule has 0 bridgehead atoms. The van der Waals surface area contributed by atoms with Crippen LogP contribution in [0.1, 0.15) is 16.1 Å². The Bertz CT molecular complexity index is 992. The van der Waals surface area contributed by atoms with Gasteiger partial charge >= 0.3 is 0 Å². The Morgan fingerprint density at radius 1 is 1.08 bits per heavy atom. The lowest BCUT2D eigenvalue weighted by Gasteiger charge is -2.04. The van der Waals surface area contributed by atoms with Gasteiger partial charge in [0, 0.05) is 36.8 Å². The van der Waals surface area contributed by atoms with Crippen molar-refractivity contribution in [3.05, 3.63) is 78.4 Å². The minimum atomic E-state index is -0.290. The predicted molar refractivity (Wildman–Crippen MR) is 94.9 cm³/mol. The first-order valence-corrected chi connectivity index (χ1v) is 8.03. The monoisotopic (exact) mass is 345 g/mol. The van der Waals surface area contributed by atoms with E-state index in [0.29, 0.717) is 12.3 Å². The molecule has 0 unspecified atom stereocenters. The number of hydrogen-bond donors (Lipinski definition) is 2. The Kier molecular flexibility index (Phi) is 4.26. The summed E-state index contributed by atoms with van der Waals surface area (Å²) < 4.78 is 5.22. The van der Waals surface area contributed by atoms with Crippen molar-refractivity contribution in [3.8, 4) is 22.6 Å². The van der Waals surface area contributed by atoms with Crippen LogP contribution in [0, 0.1) is 0 Å². The highest BCUT2D eigenvalue weighted by Gasteiger charge is 2.13. The van der Waals surface area contributed by atoms with E-state index in [0.717, 1.165) is 22.4 Å². The molecule has 4 aromatic rings. The van der Waals surface area contributed by atoms with Crippen molar-refractivity contribution in [1.82, 2.24) is 25.7 Å². The van der Waals surface area contributed by atoms with Gasteiger partial charge in [0.25, 0.3) is 5.91 Å². The highest BCUT2D eigenvalue weighted by molar-refractivity contribution is 5.93. The number of carbonyl (C=O) groups excluding carboxylic acids is 1. The molecule has 0 radical (unpaired) electrons. The van der Waals surface area contributed by atoms with Gasteiger partial charge in [0.1, 0.15) is 0 Å². The van der Waals surface area contributed by atoms with E-state index >= 15 is 0 Å². The van der Waals surface area contributed by atoms with Gasteiger partial charge in [0.2, 0.25) is 0 Å². The molecule has 3 heterocycles. The smallest absolute Gasteiger partial charge is 0.273 e. The van der Waals surface area contributed by atoms with E-state index in [1.54, 1.807) is 30.7 Å². The van der Waals surface area contributed by atoms with Gasteiger partial charge in [-0.25, -0.2) is 0 Å². The molecule has 26 heavy (non-hydrogen) atoms. The minimum Gasteiger partial charge on any atom is -0.355 e. The molecule has 1 aromatic carbocycles. The van der Waals surface area contributed by atoms with E-state index in [9.17, 15) is 4.79 Å². The standard InChI is InChI=1S/C19H15N5O2/c25-19(17-10-18(26-24-17)15-2-1-8-20-12-15)21-11-13-3-5-14(6-4-13)16-7-9-22-23-16/h1-10,12H,11H2,(H,21,25)(H,22,23). The zero-order chi connectivity index (χ0) is 17.8. The number of amides is 1. The molecule has 7 heteroatoms. The SMILES string of the molecule is O=C(NCc1ccc(-c2ccn[nH]2)cc1)c1cc(-c2cccnc2)on1. The molecule has 0 aliphatic carbocycles. The lowest BCUT2D eigenvalue weighted by Crippen LogP contribution is -2.22. The number of aromatic amines is 1. The number of pyridine rings is 1. The summed E-state index contributed by atoms with van der Waals surface area (Å²) in [6, 6.07) is 15.0. The molecule has 2 N–H and O–H groups in total. The molecule has 0 aliphatic heterocycles. The predicted octanol–water partition coefficient (Wildman–Crippen LogP) is 3.06. The van der Waals surface area contributed by atoms with Crippen LogP contribution in [0.25, 0.3) is 22.6 Å². The van der Waals surface area contributed by atoms with Gasteiger partial charge in [-0.05, 0) is 29.3 Å². The summed E-state index contributed by atoms with van der Waals surface area (Å²) in [6.45, 7) is 0.400. The molecule has 4 rings (SSSR count). The molecular formula is C19H15N5O2. The molecular weight excluding hydrogens is 330 g/mol.